The molecule has 5 nitrogen and oxygen atoms in total. The summed E-state index contributed by atoms with van der Waals surface area (Å²) < 4.78 is 7.39. The Labute approximate surface area is 144 Å². The number of rotatable bonds is 5. The average Bonchev–Trinajstić information content (AvgIpc) is 3.08. The zero-order valence-electron chi connectivity index (χ0n) is 13.6. The van der Waals surface area contributed by atoms with Crippen LogP contribution in [0, 0.1) is 0 Å². The van der Waals surface area contributed by atoms with Gasteiger partial charge in [-0.1, -0.05) is 36.4 Å². The van der Waals surface area contributed by atoms with E-state index in [2.05, 4.69) is 10.4 Å². The summed E-state index contributed by atoms with van der Waals surface area (Å²) in [5, 5.41) is 9.36. The van der Waals surface area contributed by atoms with E-state index in [0.29, 0.717) is 12.3 Å². The highest BCUT2D eigenvalue weighted by Gasteiger charge is 2.07. The first kappa shape index (κ1) is 15.2. The molecule has 25 heavy (non-hydrogen) atoms. The van der Waals surface area contributed by atoms with Crippen LogP contribution < -0.4 is 10.1 Å². The van der Waals surface area contributed by atoms with Crippen LogP contribution in [0.3, 0.4) is 0 Å². The minimum atomic E-state index is -0.163. The van der Waals surface area contributed by atoms with Crippen LogP contribution in [0.25, 0.3) is 16.3 Å². The van der Waals surface area contributed by atoms with E-state index in [-0.39, 0.29) is 12.5 Å². The van der Waals surface area contributed by atoms with Gasteiger partial charge in [0.2, 0.25) is 0 Å². The van der Waals surface area contributed by atoms with E-state index in [1.807, 2.05) is 66.9 Å². The van der Waals surface area contributed by atoms with E-state index in [0.717, 1.165) is 21.9 Å². The summed E-state index contributed by atoms with van der Waals surface area (Å²) in [5.41, 5.74) is 1.96. The SMILES string of the molecule is O=C(COc1ccc2ccccc2c1)NCc1cnn2ccccc12. The van der Waals surface area contributed by atoms with Gasteiger partial charge in [0.15, 0.2) is 6.61 Å². The van der Waals surface area contributed by atoms with Gasteiger partial charge in [0.05, 0.1) is 11.7 Å². The number of amides is 1. The first-order chi connectivity index (χ1) is 12.3. The summed E-state index contributed by atoms with van der Waals surface area (Å²) >= 11 is 0. The van der Waals surface area contributed by atoms with Gasteiger partial charge >= 0.3 is 0 Å². The van der Waals surface area contributed by atoms with Crippen LogP contribution in [-0.2, 0) is 11.3 Å². The lowest BCUT2D eigenvalue weighted by atomic mass is 10.1. The molecule has 0 saturated heterocycles. The second kappa shape index (κ2) is 6.65. The van der Waals surface area contributed by atoms with E-state index in [9.17, 15) is 4.79 Å². The molecule has 1 N–H and O–H groups in total. The van der Waals surface area contributed by atoms with Gasteiger partial charge in [-0.3, -0.25) is 4.79 Å². The Hall–Kier alpha value is -3.34. The Kier molecular flexibility index (Phi) is 4.04. The number of carbonyl (C=O) groups is 1. The fraction of sp³-hybridized carbons (Fsp3) is 0.100. The quantitative estimate of drug-likeness (QED) is 0.611. The van der Waals surface area contributed by atoms with Crippen LogP contribution in [0.15, 0.2) is 73.1 Å². The normalized spacial score (nSPS) is 10.9. The maximum Gasteiger partial charge on any atom is 0.258 e. The molecule has 2 aromatic heterocycles. The number of ether oxygens (including phenoxy) is 1. The molecule has 1 amide bonds. The van der Waals surface area contributed by atoms with Crippen LogP contribution in [-0.4, -0.2) is 22.1 Å². The standard InChI is InChI=1S/C20H17N3O2/c24-20(21-12-17-13-22-23-10-4-3-7-19(17)23)14-25-18-9-8-15-5-1-2-6-16(15)11-18/h1-11,13H,12,14H2,(H,21,24). The van der Waals surface area contributed by atoms with Gasteiger partial charge in [0.25, 0.3) is 5.91 Å². The van der Waals surface area contributed by atoms with Crippen molar-refractivity contribution in [1.82, 2.24) is 14.9 Å². The summed E-state index contributed by atoms with van der Waals surface area (Å²) in [6.45, 7) is 0.408. The van der Waals surface area contributed by atoms with Crippen molar-refractivity contribution in [3.63, 3.8) is 0 Å². The number of fused-ring (bicyclic) bond motifs is 2. The van der Waals surface area contributed by atoms with Crippen LogP contribution in [0.5, 0.6) is 5.75 Å². The Morgan fingerprint density at radius 3 is 2.80 bits per heavy atom. The molecule has 0 unspecified atom stereocenters. The molecule has 0 fully saturated rings. The number of benzene rings is 2. The fourth-order valence-corrected chi connectivity index (χ4v) is 2.77. The summed E-state index contributed by atoms with van der Waals surface area (Å²) in [4.78, 5) is 12.0. The van der Waals surface area contributed by atoms with Crippen molar-refractivity contribution < 1.29 is 9.53 Å². The van der Waals surface area contributed by atoms with Crippen molar-refractivity contribution in [3.8, 4) is 5.75 Å². The molecule has 0 saturated carbocycles. The van der Waals surface area contributed by atoms with E-state index < -0.39 is 0 Å². The second-order valence-electron chi connectivity index (χ2n) is 5.77. The van der Waals surface area contributed by atoms with Gasteiger partial charge in [-0.15, -0.1) is 0 Å². The minimum Gasteiger partial charge on any atom is -0.484 e. The molecule has 0 aliphatic carbocycles. The van der Waals surface area contributed by atoms with Crippen molar-refractivity contribution in [2.45, 2.75) is 6.54 Å². The highest BCUT2D eigenvalue weighted by atomic mass is 16.5. The Bertz CT molecular complexity index is 1040. The second-order valence-corrected chi connectivity index (χ2v) is 5.77. The summed E-state index contributed by atoms with van der Waals surface area (Å²) in [6, 6.07) is 19.7. The topological polar surface area (TPSA) is 55.6 Å². The number of aromatic nitrogens is 2. The van der Waals surface area contributed by atoms with E-state index in [1.54, 1.807) is 10.7 Å². The smallest absolute Gasteiger partial charge is 0.258 e. The van der Waals surface area contributed by atoms with Crippen LogP contribution >= 0.6 is 0 Å². The molecule has 0 aliphatic heterocycles. The fourth-order valence-electron chi connectivity index (χ4n) is 2.77. The molecule has 124 valence electrons. The number of hydrogen-bond acceptors (Lipinski definition) is 3. The number of pyridine rings is 1. The monoisotopic (exact) mass is 331 g/mol. The van der Waals surface area contributed by atoms with Gasteiger partial charge in [0, 0.05) is 18.3 Å². The molecular weight excluding hydrogens is 314 g/mol. The Morgan fingerprint density at radius 2 is 1.88 bits per heavy atom. The molecule has 4 rings (SSSR count). The van der Waals surface area contributed by atoms with E-state index in [4.69, 9.17) is 4.74 Å². The first-order valence-corrected chi connectivity index (χ1v) is 8.09. The molecule has 0 spiro atoms. The van der Waals surface area contributed by atoms with Crippen molar-refractivity contribution >= 4 is 22.2 Å². The van der Waals surface area contributed by atoms with Crippen molar-refractivity contribution in [2.75, 3.05) is 6.61 Å². The predicted molar refractivity (Wildman–Crippen MR) is 96.5 cm³/mol. The molecular formula is C20H17N3O2. The number of carbonyl (C=O) groups excluding carboxylic acids is 1. The third-order valence-electron chi connectivity index (χ3n) is 4.07. The van der Waals surface area contributed by atoms with Gasteiger partial charge in [-0.05, 0) is 35.0 Å². The van der Waals surface area contributed by atoms with Gasteiger partial charge < -0.3 is 10.1 Å². The zero-order valence-corrected chi connectivity index (χ0v) is 13.6. The highest BCUT2D eigenvalue weighted by Crippen LogP contribution is 2.20. The molecule has 0 aliphatic rings. The summed E-state index contributed by atoms with van der Waals surface area (Å²) in [6.07, 6.45) is 3.64. The molecule has 5 heteroatoms. The third-order valence-corrected chi connectivity index (χ3v) is 4.07. The molecule has 0 bridgehead atoms. The van der Waals surface area contributed by atoms with E-state index in [1.165, 1.54) is 0 Å². The maximum atomic E-state index is 12.0. The van der Waals surface area contributed by atoms with Gasteiger partial charge in [-0.25, -0.2) is 4.52 Å². The Balaban J connectivity index is 1.35. The average molecular weight is 331 g/mol. The number of nitrogens with one attached hydrogen (secondary N) is 1. The van der Waals surface area contributed by atoms with Crippen LogP contribution in [0.2, 0.25) is 0 Å². The van der Waals surface area contributed by atoms with Crippen molar-refractivity contribution in [1.29, 1.82) is 0 Å². The molecule has 2 aromatic carbocycles. The minimum absolute atomic E-state index is 0.0163. The molecule has 0 radical (unpaired) electrons. The van der Waals surface area contributed by atoms with Crippen LogP contribution in [0.1, 0.15) is 5.56 Å². The lowest BCUT2D eigenvalue weighted by Gasteiger charge is -2.08. The third kappa shape index (κ3) is 3.30. The first-order valence-electron chi connectivity index (χ1n) is 8.09. The lowest BCUT2D eigenvalue weighted by Crippen LogP contribution is -2.28. The van der Waals surface area contributed by atoms with Crippen LogP contribution in [0.4, 0.5) is 0 Å². The predicted octanol–water partition coefficient (Wildman–Crippen LogP) is 3.18. The summed E-state index contributed by atoms with van der Waals surface area (Å²) in [7, 11) is 0. The highest BCUT2D eigenvalue weighted by molar-refractivity contribution is 5.84. The van der Waals surface area contributed by atoms with Crippen molar-refractivity contribution in [2.24, 2.45) is 0 Å². The number of nitrogens with zero attached hydrogens (tertiary/aromatic N) is 2. The number of hydrogen-bond donors (Lipinski definition) is 1. The lowest BCUT2D eigenvalue weighted by molar-refractivity contribution is -0.123. The molecule has 4 aromatic rings. The maximum absolute atomic E-state index is 12.0. The largest absolute Gasteiger partial charge is 0.484 e. The molecule has 2 heterocycles. The van der Waals surface area contributed by atoms with E-state index >= 15 is 0 Å². The molecule has 0 atom stereocenters. The van der Waals surface area contributed by atoms with Gasteiger partial charge in [0.1, 0.15) is 5.75 Å². The van der Waals surface area contributed by atoms with Crippen molar-refractivity contribution in [3.05, 3.63) is 78.6 Å². The summed E-state index contributed by atoms with van der Waals surface area (Å²) in [5.74, 6) is 0.522. The van der Waals surface area contributed by atoms with Gasteiger partial charge in [-0.2, -0.15) is 5.10 Å². The zero-order chi connectivity index (χ0) is 17.1. The Morgan fingerprint density at radius 1 is 1.04 bits per heavy atom.